The maximum absolute atomic E-state index is 12.2. The van der Waals surface area contributed by atoms with Gasteiger partial charge in [-0.1, -0.05) is 31.4 Å². The molecule has 116 valence electrons. The average Bonchev–Trinajstić information content (AvgIpc) is 2.69. The van der Waals surface area contributed by atoms with Crippen molar-refractivity contribution in [3.63, 3.8) is 0 Å². The highest BCUT2D eigenvalue weighted by Crippen LogP contribution is 2.23. The van der Waals surface area contributed by atoms with Crippen molar-refractivity contribution >= 4 is 11.7 Å². The van der Waals surface area contributed by atoms with Gasteiger partial charge in [-0.2, -0.15) is 0 Å². The van der Waals surface area contributed by atoms with Crippen LogP contribution in [0.25, 0.3) is 0 Å². The van der Waals surface area contributed by atoms with E-state index in [-0.39, 0.29) is 24.6 Å². The summed E-state index contributed by atoms with van der Waals surface area (Å²) in [4.78, 5) is 12.2. The van der Waals surface area contributed by atoms with Gasteiger partial charge in [-0.3, -0.25) is 0 Å². The zero-order valence-corrected chi connectivity index (χ0v) is 13.0. The van der Waals surface area contributed by atoms with Crippen molar-refractivity contribution in [2.24, 2.45) is 5.92 Å². The highest BCUT2D eigenvalue weighted by Gasteiger charge is 2.24. The molecule has 0 bridgehead atoms. The lowest BCUT2D eigenvalue weighted by atomic mass is 9.96. The smallest absolute Gasteiger partial charge is 0.319 e. The normalized spacial score (nSPS) is 22.4. The number of hydrogen-bond donors (Lipinski definition) is 3. The summed E-state index contributed by atoms with van der Waals surface area (Å²) in [5.41, 5.74) is 3.10. The zero-order valence-electron chi connectivity index (χ0n) is 13.0. The standard InChI is InChI=1S/C17H26N2O2/c1-12-7-6-10-15(13(12)2)18-17(21)19-16-9-5-3-4-8-14(16)11-20/h6-7,10,14,16,20H,3-5,8-9,11H2,1-2H3,(H2,18,19,21). The third-order valence-electron chi connectivity index (χ3n) is 4.56. The Hall–Kier alpha value is -1.55. The largest absolute Gasteiger partial charge is 0.396 e. The Morgan fingerprint density at radius 3 is 2.76 bits per heavy atom. The van der Waals surface area contributed by atoms with Crippen LogP contribution >= 0.6 is 0 Å². The van der Waals surface area contributed by atoms with Crippen LogP contribution in [0.3, 0.4) is 0 Å². The van der Waals surface area contributed by atoms with Gasteiger partial charge in [-0.15, -0.1) is 0 Å². The minimum absolute atomic E-state index is 0.0719. The quantitative estimate of drug-likeness (QED) is 0.747. The van der Waals surface area contributed by atoms with E-state index in [1.165, 1.54) is 6.42 Å². The molecule has 4 heteroatoms. The lowest BCUT2D eigenvalue weighted by molar-refractivity contribution is 0.182. The molecule has 1 fully saturated rings. The van der Waals surface area contributed by atoms with Crippen molar-refractivity contribution in [3.05, 3.63) is 29.3 Å². The van der Waals surface area contributed by atoms with Gasteiger partial charge in [0.25, 0.3) is 0 Å². The molecule has 1 saturated carbocycles. The van der Waals surface area contributed by atoms with Crippen LogP contribution in [0, 0.1) is 19.8 Å². The molecule has 0 saturated heterocycles. The first kappa shape index (κ1) is 15.8. The number of carbonyl (C=O) groups is 1. The Balaban J connectivity index is 1.98. The second-order valence-corrected chi connectivity index (χ2v) is 6.03. The fraction of sp³-hybridized carbons (Fsp3) is 0.588. The molecule has 0 heterocycles. The van der Waals surface area contributed by atoms with Crippen LogP contribution in [0.5, 0.6) is 0 Å². The molecule has 2 rings (SSSR count). The molecule has 21 heavy (non-hydrogen) atoms. The summed E-state index contributed by atoms with van der Waals surface area (Å²) in [7, 11) is 0. The Bertz CT molecular complexity index is 488. The number of anilines is 1. The fourth-order valence-electron chi connectivity index (χ4n) is 3.01. The van der Waals surface area contributed by atoms with E-state index >= 15 is 0 Å². The third-order valence-corrected chi connectivity index (χ3v) is 4.56. The summed E-state index contributed by atoms with van der Waals surface area (Å²) in [5, 5.41) is 15.5. The number of aryl methyl sites for hydroxylation is 1. The van der Waals surface area contributed by atoms with Crippen LogP contribution in [0.1, 0.15) is 43.2 Å². The molecule has 2 unspecified atom stereocenters. The van der Waals surface area contributed by atoms with Gasteiger partial charge in [0, 0.05) is 24.3 Å². The maximum atomic E-state index is 12.2. The summed E-state index contributed by atoms with van der Waals surface area (Å²) in [6.45, 7) is 4.19. The zero-order chi connectivity index (χ0) is 15.2. The number of carbonyl (C=O) groups excluding carboxylic acids is 1. The summed E-state index contributed by atoms with van der Waals surface area (Å²) in [5.74, 6) is 0.178. The van der Waals surface area contributed by atoms with E-state index in [0.29, 0.717) is 0 Å². The first-order valence-electron chi connectivity index (χ1n) is 7.86. The molecule has 4 nitrogen and oxygen atoms in total. The molecule has 0 radical (unpaired) electrons. The highest BCUT2D eigenvalue weighted by molar-refractivity contribution is 5.90. The van der Waals surface area contributed by atoms with Crippen molar-refractivity contribution in [1.29, 1.82) is 0 Å². The Morgan fingerprint density at radius 1 is 1.24 bits per heavy atom. The van der Waals surface area contributed by atoms with Crippen LogP contribution < -0.4 is 10.6 Å². The second-order valence-electron chi connectivity index (χ2n) is 6.03. The molecule has 0 aromatic heterocycles. The van der Waals surface area contributed by atoms with E-state index in [2.05, 4.69) is 10.6 Å². The van der Waals surface area contributed by atoms with Crippen LogP contribution in [0.2, 0.25) is 0 Å². The molecule has 3 N–H and O–H groups in total. The number of benzene rings is 1. The third kappa shape index (κ3) is 4.21. The van der Waals surface area contributed by atoms with Crippen molar-refractivity contribution in [1.82, 2.24) is 5.32 Å². The van der Waals surface area contributed by atoms with Gasteiger partial charge in [0.15, 0.2) is 0 Å². The molecule has 1 aliphatic carbocycles. The topological polar surface area (TPSA) is 61.4 Å². The van der Waals surface area contributed by atoms with Crippen molar-refractivity contribution in [2.75, 3.05) is 11.9 Å². The molecule has 2 amide bonds. The van der Waals surface area contributed by atoms with Crippen LogP contribution in [0.4, 0.5) is 10.5 Å². The lowest BCUT2D eigenvalue weighted by Crippen LogP contribution is -2.43. The van der Waals surface area contributed by atoms with Gasteiger partial charge < -0.3 is 15.7 Å². The number of amides is 2. The summed E-state index contributed by atoms with van der Waals surface area (Å²) < 4.78 is 0. The van der Waals surface area contributed by atoms with E-state index in [9.17, 15) is 9.90 Å². The summed E-state index contributed by atoms with van der Waals surface area (Å²) in [6.07, 6.45) is 5.39. The Labute approximate surface area is 126 Å². The molecular formula is C17H26N2O2. The van der Waals surface area contributed by atoms with Crippen molar-refractivity contribution in [2.45, 2.75) is 52.0 Å². The molecule has 0 spiro atoms. The first-order chi connectivity index (χ1) is 10.1. The Kier molecular flexibility index (Phi) is 5.62. The van der Waals surface area contributed by atoms with Crippen LogP contribution in [-0.4, -0.2) is 23.8 Å². The molecule has 1 aromatic carbocycles. The maximum Gasteiger partial charge on any atom is 0.319 e. The van der Waals surface area contributed by atoms with E-state index in [1.54, 1.807) is 0 Å². The Morgan fingerprint density at radius 2 is 2.00 bits per heavy atom. The van der Waals surface area contributed by atoms with E-state index in [0.717, 1.165) is 42.5 Å². The molecule has 0 aliphatic heterocycles. The van der Waals surface area contributed by atoms with Gasteiger partial charge in [0.2, 0.25) is 0 Å². The van der Waals surface area contributed by atoms with Gasteiger partial charge in [0.1, 0.15) is 0 Å². The van der Waals surface area contributed by atoms with Gasteiger partial charge >= 0.3 is 6.03 Å². The first-order valence-corrected chi connectivity index (χ1v) is 7.86. The number of aliphatic hydroxyl groups is 1. The predicted molar refractivity (Wildman–Crippen MR) is 85.5 cm³/mol. The van der Waals surface area contributed by atoms with E-state index < -0.39 is 0 Å². The molecule has 1 aromatic rings. The molecule has 2 atom stereocenters. The number of rotatable bonds is 3. The molecular weight excluding hydrogens is 264 g/mol. The fourth-order valence-corrected chi connectivity index (χ4v) is 3.01. The van der Waals surface area contributed by atoms with E-state index in [4.69, 9.17) is 0 Å². The van der Waals surface area contributed by atoms with Crippen LogP contribution in [0.15, 0.2) is 18.2 Å². The second kappa shape index (κ2) is 7.46. The van der Waals surface area contributed by atoms with Crippen molar-refractivity contribution in [3.8, 4) is 0 Å². The molecule has 1 aliphatic rings. The minimum Gasteiger partial charge on any atom is -0.396 e. The number of nitrogens with one attached hydrogen (secondary N) is 2. The lowest BCUT2D eigenvalue weighted by Gasteiger charge is -2.24. The minimum atomic E-state index is -0.172. The van der Waals surface area contributed by atoms with Gasteiger partial charge in [-0.05, 0) is 43.9 Å². The van der Waals surface area contributed by atoms with Crippen molar-refractivity contribution < 1.29 is 9.90 Å². The van der Waals surface area contributed by atoms with Gasteiger partial charge in [-0.25, -0.2) is 4.79 Å². The summed E-state index contributed by atoms with van der Waals surface area (Å²) in [6, 6.07) is 5.79. The SMILES string of the molecule is Cc1cccc(NC(=O)NC2CCCCCC2CO)c1C. The van der Waals surface area contributed by atoms with E-state index in [1.807, 2.05) is 32.0 Å². The summed E-state index contributed by atoms with van der Waals surface area (Å²) >= 11 is 0. The van der Waals surface area contributed by atoms with Crippen LogP contribution in [-0.2, 0) is 0 Å². The average molecular weight is 290 g/mol. The monoisotopic (exact) mass is 290 g/mol. The highest BCUT2D eigenvalue weighted by atomic mass is 16.3. The van der Waals surface area contributed by atoms with Gasteiger partial charge in [0.05, 0.1) is 0 Å². The number of hydrogen-bond acceptors (Lipinski definition) is 2. The predicted octanol–water partition coefficient (Wildman–Crippen LogP) is 3.37. The number of aliphatic hydroxyl groups excluding tert-OH is 1. The number of urea groups is 1.